The summed E-state index contributed by atoms with van der Waals surface area (Å²) >= 11 is 0. The Morgan fingerprint density at radius 3 is 2.66 bits per heavy atom. The minimum absolute atomic E-state index is 0.0389. The van der Waals surface area contributed by atoms with E-state index in [1.54, 1.807) is 17.1 Å². The lowest BCUT2D eigenvalue weighted by atomic mass is 9.83. The number of hydrogen-bond acceptors (Lipinski definition) is 4. The Hall–Kier alpha value is -3.59. The molecule has 2 aromatic carbocycles. The van der Waals surface area contributed by atoms with E-state index in [1.807, 2.05) is 49.1 Å². The van der Waals surface area contributed by atoms with Crippen LogP contribution in [0.3, 0.4) is 0 Å². The fraction of sp³-hybridized carbons (Fsp3) is 0.469. The molecule has 0 radical (unpaired) electrons. The summed E-state index contributed by atoms with van der Waals surface area (Å²) in [5.41, 5.74) is 1.23. The first-order chi connectivity index (χ1) is 19.6. The summed E-state index contributed by atoms with van der Waals surface area (Å²) in [4.78, 5) is 33.3. The molecule has 2 N–H and O–H groups in total. The predicted octanol–water partition coefficient (Wildman–Crippen LogP) is 5.37. The molecule has 1 fully saturated rings. The molecule has 1 aliphatic carbocycles. The molecule has 1 aliphatic heterocycles. The van der Waals surface area contributed by atoms with Gasteiger partial charge < -0.3 is 20.1 Å². The van der Waals surface area contributed by atoms with Gasteiger partial charge in [0, 0.05) is 24.8 Å². The summed E-state index contributed by atoms with van der Waals surface area (Å²) in [6.07, 6.45) is 8.29. The van der Waals surface area contributed by atoms with Gasteiger partial charge in [0.2, 0.25) is 11.8 Å². The van der Waals surface area contributed by atoms with Gasteiger partial charge in [0.1, 0.15) is 23.2 Å². The molecule has 3 atom stereocenters. The van der Waals surface area contributed by atoms with E-state index in [4.69, 9.17) is 0 Å². The Morgan fingerprint density at radius 1 is 1.12 bits per heavy atom. The molecule has 0 bridgehead atoms. The van der Waals surface area contributed by atoms with Crippen LogP contribution in [0.15, 0.2) is 55.0 Å². The molecular formula is C32H39F2N5O2. The van der Waals surface area contributed by atoms with Gasteiger partial charge in [-0.1, -0.05) is 30.3 Å². The van der Waals surface area contributed by atoms with Crippen LogP contribution in [-0.4, -0.2) is 45.4 Å². The molecule has 2 unspecified atom stereocenters. The molecule has 2 heterocycles. The number of imidazole rings is 1. The first kappa shape index (κ1) is 28.9. The maximum atomic E-state index is 14.4. The highest BCUT2D eigenvalue weighted by molar-refractivity contribution is 5.94. The standard InChI is InChI=1S/C32H39F2N5O2/c1-21-9-7-8-14-39(21)31(41)32(2,3)38-19-28(36-20-38)37-30(40)29(23-10-5-4-6-11-23)35-18-22-12-13-24-16-25(33)17-27(34)26(24)15-22/h4-6,10-11,16-17,19-22,29,35H,7-9,12-15,18H2,1-3H3,(H,37,40)/t21?,22?,29-/m0/s1. The minimum Gasteiger partial charge on any atom is -0.338 e. The van der Waals surface area contributed by atoms with Crippen LogP contribution in [0, 0.1) is 17.6 Å². The molecule has 2 aliphatic rings. The quantitative estimate of drug-likeness (QED) is 0.386. The molecule has 0 saturated carbocycles. The lowest BCUT2D eigenvalue weighted by Gasteiger charge is -2.39. The number of piperidine rings is 1. The molecule has 41 heavy (non-hydrogen) atoms. The Bertz CT molecular complexity index is 1390. The molecule has 0 spiro atoms. The number of anilines is 1. The van der Waals surface area contributed by atoms with E-state index < -0.39 is 23.2 Å². The molecular weight excluding hydrogens is 524 g/mol. The highest BCUT2D eigenvalue weighted by atomic mass is 19.1. The van der Waals surface area contributed by atoms with E-state index in [-0.39, 0.29) is 23.8 Å². The lowest BCUT2D eigenvalue weighted by Crippen LogP contribution is -2.51. The molecule has 7 nitrogen and oxygen atoms in total. The number of amides is 2. The van der Waals surface area contributed by atoms with Crippen molar-refractivity contribution in [2.75, 3.05) is 18.4 Å². The van der Waals surface area contributed by atoms with Gasteiger partial charge in [0.05, 0.1) is 6.33 Å². The molecule has 9 heteroatoms. The van der Waals surface area contributed by atoms with Crippen molar-refractivity contribution >= 4 is 17.6 Å². The third kappa shape index (κ3) is 6.35. The van der Waals surface area contributed by atoms with Crippen molar-refractivity contribution in [1.29, 1.82) is 0 Å². The number of hydrogen-bond donors (Lipinski definition) is 2. The van der Waals surface area contributed by atoms with Gasteiger partial charge >= 0.3 is 0 Å². The van der Waals surface area contributed by atoms with E-state index >= 15 is 0 Å². The predicted molar refractivity (Wildman–Crippen MR) is 154 cm³/mol. The van der Waals surface area contributed by atoms with Crippen molar-refractivity contribution in [3.05, 3.63) is 83.3 Å². The second-order valence-corrected chi connectivity index (χ2v) is 11.9. The number of rotatable bonds is 8. The monoisotopic (exact) mass is 563 g/mol. The number of aryl methyl sites for hydroxylation is 1. The number of benzene rings is 2. The van der Waals surface area contributed by atoms with Gasteiger partial charge in [0.25, 0.3) is 0 Å². The number of nitrogens with zero attached hydrogens (tertiary/aromatic N) is 3. The van der Waals surface area contributed by atoms with Crippen molar-refractivity contribution < 1.29 is 18.4 Å². The van der Waals surface area contributed by atoms with Crippen LogP contribution in [0.4, 0.5) is 14.6 Å². The van der Waals surface area contributed by atoms with Crippen LogP contribution in [0.1, 0.15) is 69.2 Å². The summed E-state index contributed by atoms with van der Waals surface area (Å²) in [5.74, 6) is -0.828. The van der Waals surface area contributed by atoms with E-state index in [9.17, 15) is 18.4 Å². The van der Waals surface area contributed by atoms with Crippen LogP contribution >= 0.6 is 0 Å². The second-order valence-electron chi connectivity index (χ2n) is 11.9. The van der Waals surface area contributed by atoms with Gasteiger partial charge in [-0.25, -0.2) is 13.8 Å². The van der Waals surface area contributed by atoms with Gasteiger partial charge in [-0.15, -0.1) is 0 Å². The summed E-state index contributed by atoms with van der Waals surface area (Å²) in [6.45, 7) is 7.08. The minimum atomic E-state index is -0.853. The molecule has 3 aromatic rings. The number of nitrogens with one attached hydrogen (secondary N) is 2. The van der Waals surface area contributed by atoms with Gasteiger partial charge in [-0.2, -0.15) is 0 Å². The Kier molecular flexibility index (Phi) is 8.54. The normalized spacial score (nSPS) is 19.9. The molecule has 218 valence electrons. The van der Waals surface area contributed by atoms with Crippen molar-refractivity contribution in [3.63, 3.8) is 0 Å². The van der Waals surface area contributed by atoms with Crippen LogP contribution in [0.25, 0.3) is 0 Å². The molecule has 1 saturated heterocycles. The largest absolute Gasteiger partial charge is 0.338 e. The number of likely N-dealkylation sites (tertiary alicyclic amines) is 1. The molecule has 2 amide bonds. The Balaban J connectivity index is 1.27. The number of carbonyl (C=O) groups is 2. The van der Waals surface area contributed by atoms with Crippen LogP contribution in [0.5, 0.6) is 0 Å². The lowest BCUT2D eigenvalue weighted by molar-refractivity contribution is -0.142. The fourth-order valence-electron chi connectivity index (χ4n) is 6.08. The zero-order valence-electron chi connectivity index (χ0n) is 24.0. The number of halogens is 2. The molecule has 5 rings (SSSR count). The van der Waals surface area contributed by atoms with Crippen LogP contribution in [0.2, 0.25) is 0 Å². The first-order valence-electron chi connectivity index (χ1n) is 14.5. The van der Waals surface area contributed by atoms with Crippen molar-refractivity contribution in [1.82, 2.24) is 19.8 Å². The maximum Gasteiger partial charge on any atom is 0.248 e. The van der Waals surface area contributed by atoms with Crippen LogP contribution < -0.4 is 10.6 Å². The average molecular weight is 564 g/mol. The van der Waals surface area contributed by atoms with E-state index in [2.05, 4.69) is 22.5 Å². The summed E-state index contributed by atoms with van der Waals surface area (Å²) in [5, 5.41) is 6.31. The summed E-state index contributed by atoms with van der Waals surface area (Å²) < 4.78 is 29.8. The van der Waals surface area contributed by atoms with Crippen molar-refractivity contribution in [2.45, 2.75) is 76.9 Å². The number of fused-ring (bicyclic) bond motifs is 1. The van der Waals surface area contributed by atoms with Crippen molar-refractivity contribution in [3.8, 4) is 0 Å². The average Bonchev–Trinajstić information content (AvgIpc) is 3.43. The smallest absolute Gasteiger partial charge is 0.248 e. The zero-order chi connectivity index (χ0) is 29.1. The Labute approximate surface area is 240 Å². The third-order valence-corrected chi connectivity index (χ3v) is 8.64. The topological polar surface area (TPSA) is 79.3 Å². The summed E-state index contributed by atoms with van der Waals surface area (Å²) in [6, 6.07) is 11.3. The van der Waals surface area contributed by atoms with Gasteiger partial charge in [0.15, 0.2) is 5.82 Å². The summed E-state index contributed by atoms with van der Waals surface area (Å²) in [7, 11) is 0. The highest BCUT2D eigenvalue weighted by Crippen LogP contribution is 2.29. The number of carbonyl (C=O) groups excluding carboxylic acids is 2. The molecule has 1 aromatic heterocycles. The van der Waals surface area contributed by atoms with Gasteiger partial charge in [-0.3, -0.25) is 9.59 Å². The van der Waals surface area contributed by atoms with Gasteiger partial charge in [-0.05, 0) is 94.5 Å². The number of aromatic nitrogens is 2. The second kappa shape index (κ2) is 12.1. The fourth-order valence-corrected chi connectivity index (χ4v) is 6.08. The maximum absolute atomic E-state index is 14.4. The third-order valence-electron chi connectivity index (χ3n) is 8.64. The first-order valence-corrected chi connectivity index (χ1v) is 14.5. The zero-order valence-corrected chi connectivity index (χ0v) is 24.0. The van der Waals surface area contributed by atoms with E-state index in [0.717, 1.165) is 49.4 Å². The van der Waals surface area contributed by atoms with Crippen LogP contribution in [-0.2, 0) is 28.0 Å². The van der Waals surface area contributed by atoms with E-state index in [1.165, 1.54) is 6.07 Å². The Morgan fingerprint density at radius 2 is 1.90 bits per heavy atom. The highest BCUT2D eigenvalue weighted by Gasteiger charge is 2.37. The van der Waals surface area contributed by atoms with E-state index in [0.29, 0.717) is 30.8 Å². The van der Waals surface area contributed by atoms with Crippen molar-refractivity contribution in [2.24, 2.45) is 5.92 Å². The SMILES string of the molecule is CC1CCCCN1C(=O)C(C)(C)n1cnc(NC(=O)[C@@H](NCC2CCc3cc(F)cc(F)c3C2)c2ccccc2)c1.